The van der Waals surface area contributed by atoms with Crippen LogP contribution in [0.3, 0.4) is 0 Å². The zero-order valence-electron chi connectivity index (χ0n) is 10.7. The lowest BCUT2D eigenvalue weighted by molar-refractivity contribution is 0.0937. The third-order valence-electron chi connectivity index (χ3n) is 3.61. The van der Waals surface area contributed by atoms with E-state index in [2.05, 4.69) is 5.32 Å². The highest BCUT2D eigenvalue weighted by Crippen LogP contribution is 2.33. The zero-order valence-corrected chi connectivity index (χ0v) is 12.2. The average Bonchev–Trinajstić information content (AvgIpc) is 2.82. The predicted molar refractivity (Wildman–Crippen MR) is 81.4 cm³/mol. The smallest absolute Gasteiger partial charge is 0.253 e. The van der Waals surface area contributed by atoms with Crippen molar-refractivity contribution < 1.29 is 4.79 Å². The van der Waals surface area contributed by atoms with Crippen molar-refractivity contribution in [3.8, 4) is 0 Å². The Morgan fingerprint density at radius 3 is 2.75 bits per heavy atom. The molecule has 0 spiro atoms. The topological polar surface area (TPSA) is 29.1 Å². The third-order valence-corrected chi connectivity index (χ3v) is 4.17. The van der Waals surface area contributed by atoms with Gasteiger partial charge < -0.3 is 5.32 Å². The molecule has 0 bridgehead atoms. The second kappa shape index (κ2) is 5.47. The van der Waals surface area contributed by atoms with E-state index in [9.17, 15) is 4.79 Å². The highest BCUT2D eigenvalue weighted by Gasteiger charge is 2.25. The van der Waals surface area contributed by atoms with Crippen molar-refractivity contribution in [3.63, 3.8) is 0 Å². The molecule has 0 aliphatic heterocycles. The van der Waals surface area contributed by atoms with Crippen molar-refractivity contribution in [1.82, 2.24) is 5.32 Å². The van der Waals surface area contributed by atoms with Gasteiger partial charge in [0.1, 0.15) is 0 Å². The Hall–Kier alpha value is -1.51. The van der Waals surface area contributed by atoms with Crippen LogP contribution in [-0.4, -0.2) is 5.91 Å². The van der Waals surface area contributed by atoms with Crippen LogP contribution in [0.15, 0.2) is 42.5 Å². The molecule has 20 heavy (non-hydrogen) atoms. The number of rotatable bonds is 2. The second-order valence-corrected chi connectivity index (χ2v) is 5.73. The number of aryl methyl sites for hydroxylation is 1. The van der Waals surface area contributed by atoms with Crippen LogP contribution in [0.25, 0.3) is 0 Å². The molecule has 102 valence electrons. The number of fused-ring (bicyclic) bond motifs is 1. The van der Waals surface area contributed by atoms with Crippen molar-refractivity contribution >= 4 is 29.1 Å². The van der Waals surface area contributed by atoms with Crippen molar-refractivity contribution in [2.75, 3.05) is 0 Å². The number of hydrogen-bond acceptors (Lipinski definition) is 1. The van der Waals surface area contributed by atoms with Gasteiger partial charge in [-0.2, -0.15) is 0 Å². The molecule has 2 aromatic rings. The molecule has 2 aromatic carbocycles. The lowest BCUT2D eigenvalue weighted by Crippen LogP contribution is -2.27. The minimum atomic E-state index is -0.145. The van der Waals surface area contributed by atoms with Gasteiger partial charge in [-0.3, -0.25) is 4.79 Å². The molecule has 0 heterocycles. The minimum absolute atomic E-state index is 0.00692. The number of nitrogens with one attached hydrogen (secondary N) is 1. The molecule has 0 aromatic heterocycles. The molecular weight excluding hydrogens is 293 g/mol. The summed E-state index contributed by atoms with van der Waals surface area (Å²) in [5.74, 6) is -0.145. The lowest BCUT2D eigenvalue weighted by Gasteiger charge is -2.15. The molecular formula is C16H13Cl2NO. The van der Waals surface area contributed by atoms with Crippen LogP contribution in [0.1, 0.15) is 33.9 Å². The molecule has 2 nitrogen and oxygen atoms in total. The maximum atomic E-state index is 12.3. The Labute approximate surface area is 127 Å². The first-order chi connectivity index (χ1) is 9.65. The van der Waals surface area contributed by atoms with Gasteiger partial charge in [-0.15, -0.1) is 0 Å². The molecule has 0 saturated heterocycles. The fourth-order valence-electron chi connectivity index (χ4n) is 2.60. The van der Waals surface area contributed by atoms with Crippen molar-refractivity contribution in [2.45, 2.75) is 18.9 Å². The van der Waals surface area contributed by atoms with Gasteiger partial charge in [0.25, 0.3) is 5.91 Å². The molecule has 4 heteroatoms. The van der Waals surface area contributed by atoms with E-state index in [4.69, 9.17) is 23.2 Å². The minimum Gasteiger partial charge on any atom is -0.345 e. The van der Waals surface area contributed by atoms with Crippen LogP contribution in [0.4, 0.5) is 0 Å². The van der Waals surface area contributed by atoms with Crippen LogP contribution < -0.4 is 5.32 Å². The summed E-state index contributed by atoms with van der Waals surface area (Å²) in [5.41, 5.74) is 2.86. The van der Waals surface area contributed by atoms with Crippen molar-refractivity contribution in [3.05, 3.63) is 69.2 Å². The summed E-state index contributed by atoms with van der Waals surface area (Å²) in [4.78, 5) is 12.3. The zero-order chi connectivity index (χ0) is 14.1. The third kappa shape index (κ3) is 2.54. The summed E-state index contributed by atoms with van der Waals surface area (Å²) in [5, 5.41) is 4.20. The fraction of sp³-hybridized carbons (Fsp3) is 0.188. The molecule has 1 aliphatic carbocycles. The highest BCUT2D eigenvalue weighted by atomic mass is 35.5. The van der Waals surface area contributed by atoms with Gasteiger partial charge in [-0.25, -0.2) is 0 Å². The van der Waals surface area contributed by atoms with E-state index in [1.165, 1.54) is 5.56 Å². The molecule has 0 unspecified atom stereocenters. The van der Waals surface area contributed by atoms with Gasteiger partial charge in [-0.1, -0.05) is 41.4 Å². The molecule has 0 saturated carbocycles. The Kier molecular flexibility index (Phi) is 3.68. The van der Waals surface area contributed by atoms with E-state index in [0.717, 1.165) is 18.4 Å². The Bertz CT molecular complexity index is 669. The normalized spacial score (nSPS) is 16.8. The van der Waals surface area contributed by atoms with Crippen LogP contribution in [0.2, 0.25) is 10.0 Å². The van der Waals surface area contributed by atoms with E-state index in [-0.39, 0.29) is 11.9 Å². The van der Waals surface area contributed by atoms with Crippen LogP contribution in [0, 0.1) is 0 Å². The number of halogens is 2. The summed E-state index contributed by atoms with van der Waals surface area (Å²) in [6.07, 6.45) is 1.85. The van der Waals surface area contributed by atoms with E-state index < -0.39 is 0 Å². The molecule has 1 amide bonds. The second-order valence-electron chi connectivity index (χ2n) is 4.89. The molecule has 3 rings (SSSR count). The van der Waals surface area contributed by atoms with Gasteiger partial charge in [-0.05, 0) is 48.2 Å². The maximum Gasteiger partial charge on any atom is 0.253 e. The highest BCUT2D eigenvalue weighted by molar-refractivity contribution is 6.33. The number of carbonyl (C=O) groups is 1. The molecule has 1 atom stereocenters. The molecule has 1 aliphatic rings. The number of amides is 1. The van der Waals surface area contributed by atoms with Gasteiger partial charge >= 0.3 is 0 Å². The monoisotopic (exact) mass is 305 g/mol. The Morgan fingerprint density at radius 1 is 1.15 bits per heavy atom. The quantitative estimate of drug-likeness (QED) is 0.875. The average molecular weight is 306 g/mol. The lowest BCUT2D eigenvalue weighted by atomic mass is 10.1. The number of benzene rings is 2. The largest absolute Gasteiger partial charge is 0.345 e. The predicted octanol–water partition coefficient (Wildman–Crippen LogP) is 4.41. The van der Waals surface area contributed by atoms with Gasteiger partial charge in [0.05, 0.1) is 16.6 Å². The molecule has 0 radical (unpaired) electrons. The van der Waals surface area contributed by atoms with Gasteiger partial charge in [0, 0.05) is 5.02 Å². The fourth-order valence-corrected chi connectivity index (χ4v) is 3.01. The first-order valence-corrected chi connectivity index (χ1v) is 7.24. The standard InChI is InChI=1S/C16H13Cl2NO/c17-11-7-5-10-6-8-15(13(10)9-11)19-16(20)12-3-1-2-4-14(12)18/h1-5,7,9,15H,6,8H2,(H,19,20)/t15-/m1/s1. The summed E-state index contributed by atoms with van der Waals surface area (Å²) in [6, 6.07) is 12.9. The summed E-state index contributed by atoms with van der Waals surface area (Å²) >= 11 is 12.1. The first kappa shape index (κ1) is 13.5. The summed E-state index contributed by atoms with van der Waals surface area (Å²) in [6.45, 7) is 0. The summed E-state index contributed by atoms with van der Waals surface area (Å²) in [7, 11) is 0. The van der Waals surface area contributed by atoms with Crippen LogP contribution in [0.5, 0.6) is 0 Å². The number of carbonyl (C=O) groups excluding carboxylic acids is 1. The van der Waals surface area contributed by atoms with Crippen molar-refractivity contribution in [2.24, 2.45) is 0 Å². The molecule has 0 fully saturated rings. The van der Waals surface area contributed by atoms with Crippen molar-refractivity contribution in [1.29, 1.82) is 0 Å². The SMILES string of the molecule is O=C(N[C@@H]1CCc2ccc(Cl)cc21)c1ccccc1Cl. The van der Waals surface area contributed by atoms with E-state index in [0.29, 0.717) is 15.6 Å². The van der Waals surface area contributed by atoms with Gasteiger partial charge in [0.2, 0.25) is 0 Å². The Morgan fingerprint density at radius 2 is 1.95 bits per heavy atom. The Balaban J connectivity index is 1.82. The van der Waals surface area contributed by atoms with E-state index >= 15 is 0 Å². The summed E-state index contributed by atoms with van der Waals surface area (Å²) < 4.78 is 0. The van der Waals surface area contributed by atoms with Gasteiger partial charge in [0.15, 0.2) is 0 Å². The molecule has 1 N–H and O–H groups in total. The van der Waals surface area contributed by atoms with Crippen LogP contribution in [-0.2, 0) is 6.42 Å². The first-order valence-electron chi connectivity index (χ1n) is 6.49. The van der Waals surface area contributed by atoms with E-state index in [1.807, 2.05) is 24.3 Å². The maximum absolute atomic E-state index is 12.3. The number of hydrogen-bond donors (Lipinski definition) is 1. The van der Waals surface area contributed by atoms with Crippen LogP contribution >= 0.6 is 23.2 Å². The van der Waals surface area contributed by atoms with E-state index in [1.54, 1.807) is 18.2 Å².